The van der Waals surface area contributed by atoms with E-state index >= 15 is 0 Å². The van der Waals surface area contributed by atoms with Gasteiger partial charge in [0.2, 0.25) is 0 Å². The third-order valence-corrected chi connectivity index (χ3v) is 2.60. The van der Waals surface area contributed by atoms with Gasteiger partial charge >= 0.3 is 12.5 Å². The molecule has 1 N–H and O–H groups in total. The summed E-state index contributed by atoms with van der Waals surface area (Å²) in [5.74, 6) is -0.550. The Hall–Kier alpha value is -2.45. The summed E-state index contributed by atoms with van der Waals surface area (Å²) in [6, 6.07) is 5.18. The number of nitrogens with one attached hydrogen (secondary N) is 1. The van der Waals surface area contributed by atoms with Crippen molar-refractivity contribution in [3.63, 3.8) is 0 Å². The fourth-order valence-corrected chi connectivity index (χ4v) is 1.72. The Morgan fingerprint density at radius 1 is 1.00 bits per heavy atom. The third kappa shape index (κ3) is 3.80. The Morgan fingerprint density at radius 3 is 2.23 bits per heavy atom. The van der Waals surface area contributed by atoms with E-state index in [1.165, 1.54) is 12.1 Å². The standard InChI is InChI=1S/C13H7F6NO2/c14-12(15,16)9-6-20-10(5-11(9)21)7-2-1-3-8(4-7)22-13(17,18)19/h1-6H,(H,20,21). The number of hydrogen-bond acceptors (Lipinski definition) is 2. The molecule has 0 aliphatic carbocycles. The van der Waals surface area contributed by atoms with E-state index < -0.39 is 29.3 Å². The quantitative estimate of drug-likeness (QED) is 0.850. The lowest BCUT2D eigenvalue weighted by Crippen LogP contribution is -2.19. The second kappa shape index (κ2) is 5.39. The second-order valence-electron chi connectivity index (χ2n) is 4.20. The third-order valence-electron chi connectivity index (χ3n) is 2.60. The molecule has 0 fully saturated rings. The Balaban J connectivity index is 2.39. The highest BCUT2D eigenvalue weighted by molar-refractivity contribution is 5.61. The molecule has 22 heavy (non-hydrogen) atoms. The molecule has 0 saturated heterocycles. The number of alkyl halides is 6. The molecule has 118 valence electrons. The summed E-state index contributed by atoms with van der Waals surface area (Å²) in [6.07, 6.45) is -9.24. The van der Waals surface area contributed by atoms with Gasteiger partial charge in [-0.1, -0.05) is 12.1 Å². The maximum atomic E-state index is 12.5. The van der Waals surface area contributed by atoms with Crippen LogP contribution < -0.4 is 10.2 Å². The molecule has 9 heteroatoms. The fourth-order valence-electron chi connectivity index (χ4n) is 1.72. The van der Waals surface area contributed by atoms with Crippen molar-refractivity contribution in [3.8, 4) is 17.0 Å². The smallest absolute Gasteiger partial charge is 0.406 e. The first-order valence-electron chi connectivity index (χ1n) is 5.72. The minimum absolute atomic E-state index is 0.0642. The Morgan fingerprint density at radius 2 is 1.68 bits per heavy atom. The number of ether oxygens (including phenoxy) is 1. The molecule has 0 saturated carbocycles. The van der Waals surface area contributed by atoms with Crippen LogP contribution in [-0.4, -0.2) is 11.3 Å². The minimum Gasteiger partial charge on any atom is -0.406 e. The molecule has 1 aromatic heterocycles. The van der Waals surface area contributed by atoms with Gasteiger partial charge in [0.05, 0.1) is 0 Å². The first kappa shape index (κ1) is 15.9. The molecule has 0 atom stereocenters. The summed E-state index contributed by atoms with van der Waals surface area (Å²) in [7, 11) is 0. The zero-order valence-electron chi connectivity index (χ0n) is 10.5. The lowest BCUT2D eigenvalue weighted by atomic mass is 10.1. The van der Waals surface area contributed by atoms with Crippen LogP contribution in [0.25, 0.3) is 11.3 Å². The molecule has 0 bridgehead atoms. The molecule has 1 aromatic carbocycles. The number of aromatic nitrogens is 1. The molecule has 0 radical (unpaired) electrons. The SMILES string of the molecule is O=c1cc(-c2cccc(OC(F)(F)F)c2)[nH]cc1C(F)(F)F. The molecule has 1 heterocycles. The summed E-state index contributed by atoms with van der Waals surface area (Å²) in [5.41, 5.74) is -2.67. The molecular formula is C13H7F6NO2. The first-order chi connectivity index (χ1) is 10.1. The van der Waals surface area contributed by atoms with Crippen LogP contribution in [-0.2, 0) is 6.18 Å². The van der Waals surface area contributed by atoms with Crippen LogP contribution in [0.2, 0.25) is 0 Å². The van der Waals surface area contributed by atoms with Crippen molar-refractivity contribution in [2.75, 3.05) is 0 Å². The predicted molar refractivity (Wildman–Crippen MR) is 64.2 cm³/mol. The lowest BCUT2D eigenvalue weighted by Gasteiger charge is -2.11. The monoisotopic (exact) mass is 323 g/mol. The first-order valence-corrected chi connectivity index (χ1v) is 5.72. The molecule has 2 aromatic rings. The average molecular weight is 323 g/mol. The van der Waals surface area contributed by atoms with Gasteiger partial charge in [0.25, 0.3) is 0 Å². The molecule has 0 unspecified atom stereocenters. The molecular weight excluding hydrogens is 316 g/mol. The van der Waals surface area contributed by atoms with Gasteiger partial charge in [0.1, 0.15) is 11.3 Å². The van der Waals surface area contributed by atoms with E-state index in [4.69, 9.17) is 0 Å². The van der Waals surface area contributed by atoms with Crippen LogP contribution in [0.4, 0.5) is 26.3 Å². The Labute approximate surface area is 119 Å². The minimum atomic E-state index is -4.90. The number of benzene rings is 1. The van der Waals surface area contributed by atoms with E-state index in [0.29, 0.717) is 12.3 Å². The molecule has 0 spiro atoms. The van der Waals surface area contributed by atoms with Gasteiger partial charge in [-0.3, -0.25) is 4.79 Å². The molecule has 3 nitrogen and oxygen atoms in total. The normalized spacial score (nSPS) is 12.3. The predicted octanol–water partition coefficient (Wildman–Crippen LogP) is 3.96. The van der Waals surface area contributed by atoms with Crippen molar-refractivity contribution in [2.45, 2.75) is 12.5 Å². The highest BCUT2D eigenvalue weighted by atomic mass is 19.4. The zero-order valence-corrected chi connectivity index (χ0v) is 10.5. The van der Waals surface area contributed by atoms with E-state index in [1.54, 1.807) is 0 Å². The Kier molecular flexibility index (Phi) is 3.90. The van der Waals surface area contributed by atoms with Gasteiger partial charge in [-0.15, -0.1) is 13.2 Å². The van der Waals surface area contributed by atoms with Crippen molar-refractivity contribution in [3.05, 3.63) is 52.3 Å². The topological polar surface area (TPSA) is 42.1 Å². The number of pyridine rings is 1. The zero-order chi connectivity index (χ0) is 16.5. The maximum absolute atomic E-state index is 12.5. The van der Waals surface area contributed by atoms with Crippen molar-refractivity contribution >= 4 is 0 Å². The summed E-state index contributed by atoms with van der Waals surface area (Å²) >= 11 is 0. The van der Waals surface area contributed by atoms with Crippen LogP contribution in [0.15, 0.2) is 41.3 Å². The summed E-state index contributed by atoms with van der Waals surface area (Å²) in [6.45, 7) is 0. The number of aromatic amines is 1. The highest BCUT2D eigenvalue weighted by Crippen LogP contribution is 2.29. The number of halogens is 6. The van der Waals surface area contributed by atoms with Crippen LogP contribution >= 0.6 is 0 Å². The van der Waals surface area contributed by atoms with Gasteiger partial charge in [-0.05, 0) is 12.1 Å². The fraction of sp³-hybridized carbons (Fsp3) is 0.154. The summed E-state index contributed by atoms with van der Waals surface area (Å²) < 4.78 is 77.5. The van der Waals surface area contributed by atoms with E-state index in [0.717, 1.165) is 12.1 Å². The lowest BCUT2D eigenvalue weighted by molar-refractivity contribution is -0.274. The number of rotatable bonds is 2. The van der Waals surface area contributed by atoms with Crippen molar-refractivity contribution < 1.29 is 31.1 Å². The molecule has 0 aliphatic heterocycles. The van der Waals surface area contributed by atoms with Gasteiger partial charge < -0.3 is 9.72 Å². The largest absolute Gasteiger partial charge is 0.573 e. The Bertz CT molecular complexity index is 732. The molecule has 2 rings (SSSR count). The van der Waals surface area contributed by atoms with Gasteiger partial charge in [0, 0.05) is 23.5 Å². The molecule has 0 aliphatic rings. The van der Waals surface area contributed by atoms with Crippen molar-refractivity contribution in [1.82, 2.24) is 4.98 Å². The van der Waals surface area contributed by atoms with E-state index in [2.05, 4.69) is 9.72 Å². The van der Waals surface area contributed by atoms with Crippen molar-refractivity contribution in [2.24, 2.45) is 0 Å². The van der Waals surface area contributed by atoms with E-state index in [9.17, 15) is 31.1 Å². The summed E-state index contributed by atoms with van der Waals surface area (Å²) in [4.78, 5) is 13.7. The number of H-pyrrole nitrogens is 1. The van der Waals surface area contributed by atoms with E-state index in [1.807, 2.05) is 0 Å². The second-order valence-corrected chi connectivity index (χ2v) is 4.20. The highest BCUT2D eigenvalue weighted by Gasteiger charge is 2.34. The van der Waals surface area contributed by atoms with Crippen LogP contribution in [0.3, 0.4) is 0 Å². The average Bonchev–Trinajstić information content (AvgIpc) is 2.35. The van der Waals surface area contributed by atoms with Crippen LogP contribution in [0, 0.1) is 0 Å². The number of hydrogen-bond donors (Lipinski definition) is 1. The van der Waals surface area contributed by atoms with Crippen molar-refractivity contribution in [1.29, 1.82) is 0 Å². The van der Waals surface area contributed by atoms with E-state index in [-0.39, 0.29) is 11.3 Å². The van der Waals surface area contributed by atoms with Gasteiger partial charge in [-0.2, -0.15) is 13.2 Å². The van der Waals surface area contributed by atoms with Gasteiger partial charge in [0.15, 0.2) is 5.43 Å². The van der Waals surface area contributed by atoms with Crippen LogP contribution in [0.1, 0.15) is 5.56 Å². The van der Waals surface area contributed by atoms with Crippen LogP contribution in [0.5, 0.6) is 5.75 Å². The maximum Gasteiger partial charge on any atom is 0.573 e. The summed E-state index contributed by atoms with van der Waals surface area (Å²) in [5, 5.41) is 0. The molecule has 0 amide bonds. The van der Waals surface area contributed by atoms with Gasteiger partial charge in [-0.25, -0.2) is 0 Å².